The van der Waals surface area contributed by atoms with E-state index in [0.29, 0.717) is 23.9 Å². The molecule has 1 saturated heterocycles. The van der Waals surface area contributed by atoms with Gasteiger partial charge in [-0.1, -0.05) is 17.7 Å². The smallest absolute Gasteiger partial charge is 0.289 e. The lowest BCUT2D eigenvalue weighted by atomic mass is 10.1. The van der Waals surface area contributed by atoms with Crippen molar-refractivity contribution < 1.29 is 18.9 Å². The Bertz CT molecular complexity index is 783. The van der Waals surface area contributed by atoms with E-state index in [-0.39, 0.29) is 17.9 Å². The third-order valence-corrected chi connectivity index (χ3v) is 5.12. The highest BCUT2D eigenvalue weighted by Gasteiger charge is 2.31. The first kappa shape index (κ1) is 18.5. The topological polar surface area (TPSA) is 67.0 Å². The number of hydrogen-bond acceptors (Lipinski definition) is 3. The molecule has 2 heterocycles. The fraction of sp³-hybridized carbons (Fsp3) is 0.368. The number of piperazine rings is 1. The molecule has 1 aromatic heterocycles. The summed E-state index contributed by atoms with van der Waals surface area (Å²) in [6.45, 7) is 6.48. The molecule has 2 amide bonds. The van der Waals surface area contributed by atoms with Crippen molar-refractivity contribution in [3.8, 4) is 0 Å². The molecular weight excluding hydrogens is 354 g/mol. The zero-order valence-corrected chi connectivity index (χ0v) is 15.7. The summed E-state index contributed by atoms with van der Waals surface area (Å²) in [4.78, 5) is 27.8. The molecule has 0 bridgehead atoms. The van der Waals surface area contributed by atoms with Crippen molar-refractivity contribution in [1.29, 1.82) is 0 Å². The molecule has 0 unspecified atom stereocenters. The first-order valence-electron chi connectivity index (χ1n) is 8.70. The van der Waals surface area contributed by atoms with Crippen LogP contribution in [-0.2, 0) is 4.79 Å². The first-order chi connectivity index (χ1) is 12.5. The van der Waals surface area contributed by atoms with Gasteiger partial charge in [0.2, 0.25) is 0 Å². The van der Waals surface area contributed by atoms with Crippen molar-refractivity contribution >= 4 is 29.1 Å². The van der Waals surface area contributed by atoms with E-state index in [0.717, 1.165) is 29.2 Å². The second kappa shape index (κ2) is 7.93. The van der Waals surface area contributed by atoms with Gasteiger partial charge in [-0.2, -0.15) is 0 Å². The van der Waals surface area contributed by atoms with Gasteiger partial charge in [0, 0.05) is 10.7 Å². The number of halogens is 1. The molecular formula is C19H23ClN3O3+. The van der Waals surface area contributed by atoms with Crippen LogP contribution in [0.2, 0.25) is 5.02 Å². The van der Waals surface area contributed by atoms with E-state index in [4.69, 9.17) is 16.0 Å². The molecule has 2 aromatic rings. The molecule has 1 aliphatic rings. The number of carbonyl (C=O) groups excluding carboxylic acids is 2. The number of benzene rings is 1. The number of anilines is 1. The van der Waals surface area contributed by atoms with Crippen molar-refractivity contribution in [2.45, 2.75) is 19.9 Å². The molecule has 0 saturated carbocycles. The zero-order valence-electron chi connectivity index (χ0n) is 14.9. The normalized spacial score (nSPS) is 16.3. The number of nitrogens with zero attached hydrogens (tertiary/aromatic N) is 1. The molecule has 26 heavy (non-hydrogen) atoms. The Labute approximate surface area is 157 Å². The molecule has 1 aromatic carbocycles. The predicted octanol–water partition coefficient (Wildman–Crippen LogP) is 1.61. The Hall–Kier alpha value is -2.31. The largest absolute Gasteiger partial charge is 0.459 e. The van der Waals surface area contributed by atoms with E-state index in [2.05, 4.69) is 5.32 Å². The van der Waals surface area contributed by atoms with Crippen LogP contribution in [0.15, 0.2) is 41.0 Å². The molecule has 7 heteroatoms. The first-order valence-corrected chi connectivity index (χ1v) is 9.08. The van der Waals surface area contributed by atoms with Crippen LogP contribution in [0, 0.1) is 6.92 Å². The Balaban J connectivity index is 1.56. The molecule has 3 rings (SSSR count). The maximum Gasteiger partial charge on any atom is 0.289 e. The maximum atomic E-state index is 12.6. The van der Waals surface area contributed by atoms with Crippen LogP contribution in [-0.4, -0.2) is 48.9 Å². The van der Waals surface area contributed by atoms with Crippen LogP contribution in [0.4, 0.5) is 5.69 Å². The number of nitrogens with one attached hydrogen (secondary N) is 2. The summed E-state index contributed by atoms with van der Waals surface area (Å²) in [5, 5.41) is 3.56. The number of quaternary nitrogens is 1. The maximum absolute atomic E-state index is 12.6. The van der Waals surface area contributed by atoms with Crippen molar-refractivity contribution in [2.24, 2.45) is 0 Å². The molecule has 1 fully saturated rings. The van der Waals surface area contributed by atoms with E-state index < -0.39 is 0 Å². The van der Waals surface area contributed by atoms with E-state index in [1.165, 1.54) is 6.26 Å². The number of amides is 2. The summed E-state index contributed by atoms with van der Waals surface area (Å²) < 4.78 is 5.18. The van der Waals surface area contributed by atoms with Crippen LogP contribution in [0.25, 0.3) is 0 Å². The van der Waals surface area contributed by atoms with Crippen molar-refractivity contribution in [3.05, 3.63) is 52.9 Å². The lowest BCUT2D eigenvalue weighted by molar-refractivity contribution is -0.917. The summed E-state index contributed by atoms with van der Waals surface area (Å²) >= 11 is 6.01. The predicted molar refractivity (Wildman–Crippen MR) is 99.6 cm³/mol. The fourth-order valence-electron chi connectivity index (χ4n) is 3.14. The van der Waals surface area contributed by atoms with Crippen LogP contribution in [0.1, 0.15) is 23.0 Å². The molecule has 1 aliphatic heterocycles. The average molecular weight is 377 g/mol. The van der Waals surface area contributed by atoms with Crippen molar-refractivity contribution in [1.82, 2.24) is 4.90 Å². The summed E-state index contributed by atoms with van der Waals surface area (Å²) in [5.74, 6) is 0.215. The molecule has 1 atom stereocenters. The lowest BCUT2D eigenvalue weighted by Gasteiger charge is -2.34. The second-order valence-electron chi connectivity index (χ2n) is 6.60. The van der Waals surface area contributed by atoms with Gasteiger partial charge in [0.1, 0.15) is 0 Å². The minimum atomic E-state index is -0.214. The van der Waals surface area contributed by atoms with Gasteiger partial charge in [0.15, 0.2) is 11.8 Å². The molecule has 138 valence electrons. The Morgan fingerprint density at radius 3 is 2.65 bits per heavy atom. The lowest BCUT2D eigenvalue weighted by Crippen LogP contribution is -3.19. The highest BCUT2D eigenvalue weighted by molar-refractivity contribution is 6.31. The highest BCUT2D eigenvalue weighted by atomic mass is 35.5. The second-order valence-corrected chi connectivity index (χ2v) is 7.03. The monoisotopic (exact) mass is 376 g/mol. The van der Waals surface area contributed by atoms with Gasteiger partial charge in [-0.15, -0.1) is 0 Å². The van der Waals surface area contributed by atoms with Crippen molar-refractivity contribution in [2.75, 3.05) is 31.5 Å². The number of furan rings is 1. The van der Waals surface area contributed by atoms with Crippen LogP contribution in [0.5, 0.6) is 0 Å². The average Bonchev–Trinajstić information content (AvgIpc) is 3.18. The van der Waals surface area contributed by atoms with E-state index in [9.17, 15) is 9.59 Å². The molecule has 6 nitrogen and oxygen atoms in total. The minimum absolute atomic E-state index is 0.0452. The summed E-state index contributed by atoms with van der Waals surface area (Å²) in [5.41, 5.74) is 1.71. The Kier molecular flexibility index (Phi) is 5.64. The number of aryl methyl sites for hydroxylation is 1. The van der Waals surface area contributed by atoms with E-state index in [1.54, 1.807) is 29.2 Å². The quantitative estimate of drug-likeness (QED) is 0.852. The highest BCUT2D eigenvalue weighted by Crippen LogP contribution is 2.20. The van der Waals surface area contributed by atoms with Gasteiger partial charge >= 0.3 is 0 Å². The van der Waals surface area contributed by atoms with Gasteiger partial charge in [-0.05, 0) is 43.7 Å². The number of carbonyl (C=O) groups is 2. The number of rotatable bonds is 4. The summed E-state index contributed by atoms with van der Waals surface area (Å²) in [7, 11) is 0. The van der Waals surface area contributed by atoms with Gasteiger partial charge in [-0.3, -0.25) is 9.59 Å². The van der Waals surface area contributed by atoms with Crippen LogP contribution < -0.4 is 10.2 Å². The molecule has 0 radical (unpaired) electrons. The Morgan fingerprint density at radius 2 is 2.00 bits per heavy atom. The van der Waals surface area contributed by atoms with Crippen molar-refractivity contribution in [3.63, 3.8) is 0 Å². The van der Waals surface area contributed by atoms with Crippen LogP contribution >= 0.6 is 11.6 Å². The summed E-state index contributed by atoms with van der Waals surface area (Å²) in [6, 6.07) is 8.61. The molecule has 0 aliphatic carbocycles. The van der Waals surface area contributed by atoms with Crippen LogP contribution in [0.3, 0.4) is 0 Å². The van der Waals surface area contributed by atoms with Gasteiger partial charge in [0.05, 0.1) is 32.4 Å². The molecule has 2 N–H and O–H groups in total. The Morgan fingerprint density at radius 1 is 1.27 bits per heavy atom. The summed E-state index contributed by atoms with van der Waals surface area (Å²) in [6.07, 6.45) is 1.50. The van der Waals surface area contributed by atoms with E-state index in [1.807, 2.05) is 19.9 Å². The van der Waals surface area contributed by atoms with Gasteiger partial charge in [-0.25, -0.2) is 0 Å². The minimum Gasteiger partial charge on any atom is -0.459 e. The third kappa shape index (κ3) is 4.08. The standard InChI is InChI=1S/C19H22ClN3O3/c1-13-5-6-15(20)12-16(13)21-18(24)14(2)22-7-9-23(10-8-22)19(25)17-4-3-11-26-17/h3-6,11-12,14H,7-10H2,1-2H3,(H,21,24)/p+1/t14-/m1/s1. The number of hydrogen-bond donors (Lipinski definition) is 2. The van der Waals surface area contributed by atoms with E-state index >= 15 is 0 Å². The fourth-order valence-corrected chi connectivity index (χ4v) is 3.31. The zero-order chi connectivity index (χ0) is 18.7. The van der Waals surface area contributed by atoms with Gasteiger partial charge < -0.3 is 19.5 Å². The van der Waals surface area contributed by atoms with Gasteiger partial charge in [0.25, 0.3) is 11.8 Å². The third-order valence-electron chi connectivity index (χ3n) is 4.89. The molecule has 0 spiro atoms. The SMILES string of the molecule is Cc1ccc(Cl)cc1NC(=O)[C@@H](C)[NH+]1CCN(C(=O)c2ccco2)CC1.